The van der Waals surface area contributed by atoms with Gasteiger partial charge in [0, 0.05) is 12.5 Å². The van der Waals surface area contributed by atoms with E-state index in [9.17, 15) is 9.59 Å². The number of allylic oxidation sites excluding steroid dienone is 2. The van der Waals surface area contributed by atoms with Crippen LogP contribution in [-0.4, -0.2) is 41.5 Å². The molecule has 0 saturated carbocycles. The molecule has 4 aliphatic rings. The lowest BCUT2D eigenvalue weighted by molar-refractivity contribution is -0.130. The molecule has 2 amide bonds. The number of nitrogens with one attached hydrogen (secondary N) is 2. The molecule has 1 aromatic rings. The second kappa shape index (κ2) is 6.63. The van der Waals surface area contributed by atoms with Crippen LogP contribution in [0, 0.1) is 5.92 Å². The maximum absolute atomic E-state index is 13.1. The summed E-state index contributed by atoms with van der Waals surface area (Å²) in [7, 11) is 0. The molecule has 6 nitrogen and oxygen atoms in total. The number of amides is 2. The highest BCUT2D eigenvalue weighted by Gasteiger charge is 2.47. The molecule has 3 aliphatic heterocycles. The first-order chi connectivity index (χ1) is 13.6. The minimum absolute atomic E-state index is 0.00215. The molecule has 0 bridgehead atoms. The molecule has 2 saturated heterocycles. The molecule has 144 valence electrons. The maximum Gasteiger partial charge on any atom is 0.255 e. The molecular weight excluding hydrogens is 352 g/mol. The quantitative estimate of drug-likeness (QED) is 0.827. The van der Waals surface area contributed by atoms with E-state index in [2.05, 4.69) is 40.8 Å². The molecule has 1 aliphatic carbocycles. The van der Waals surface area contributed by atoms with Gasteiger partial charge in [-0.1, -0.05) is 48.1 Å². The fraction of sp³-hybridized carbons (Fsp3) is 0.364. The first-order valence-corrected chi connectivity index (χ1v) is 9.91. The topological polar surface area (TPSA) is 64.7 Å². The number of anilines is 1. The van der Waals surface area contributed by atoms with E-state index in [1.54, 1.807) is 0 Å². The summed E-state index contributed by atoms with van der Waals surface area (Å²) in [6, 6.07) is 9.57. The molecule has 0 aromatic heterocycles. The van der Waals surface area contributed by atoms with E-state index in [0.29, 0.717) is 5.57 Å². The number of hydrogen-bond acceptors (Lipinski definition) is 4. The van der Waals surface area contributed by atoms with E-state index >= 15 is 0 Å². The van der Waals surface area contributed by atoms with Crippen LogP contribution in [0.15, 0.2) is 65.8 Å². The zero-order chi connectivity index (χ0) is 19.3. The zero-order valence-corrected chi connectivity index (χ0v) is 15.8. The van der Waals surface area contributed by atoms with Crippen molar-refractivity contribution < 1.29 is 9.59 Å². The van der Waals surface area contributed by atoms with Crippen LogP contribution in [0.1, 0.15) is 19.8 Å². The van der Waals surface area contributed by atoms with Crippen LogP contribution in [0.3, 0.4) is 0 Å². The highest BCUT2D eigenvalue weighted by molar-refractivity contribution is 5.98. The predicted molar refractivity (Wildman–Crippen MR) is 107 cm³/mol. The van der Waals surface area contributed by atoms with Crippen LogP contribution >= 0.6 is 0 Å². The van der Waals surface area contributed by atoms with Gasteiger partial charge in [0.15, 0.2) is 0 Å². The van der Waals surface area contributed by atoms with Crippen molar-refractivity contribution in [3.05, 3.63) is 65.8 Å². The van der Waals surface area contributed by atoms with Gasteiger partial charge in [-0.15, -0.1) is 0 Å². The molecule has 2 N–H and O–H groups in total. The molecule has 4 atom stereocenters. The number of carbonyl (C=O) groups is 2. The summed E-state index contributed by atoms with van der Waals surface area (Å²) < 4.78 is 0. The minimum atomic E-state index is -0.312. The number of para-hydroxylation sites is 1. The second-order valence-electron chi connectivity index (χ2n) is 7.92. The maximum atomic E-state index is 13.1. The van der Waals surface area contributed by atoms with Crippen molar-refractivity contribution in [2.24, 2.45) is 5.92 Å². The summed E-state index contributed by atoms with van der Waals surface area (Å²) in [6.07, 6.45) is 9.86. The number of benzene rings is 1. The van der Waals surface area contributed by atoms with Crippen molar-refractivity contribution in [1.29, 1.82) is 0 Å². The Kier molecular flexibility index (Phi) is 4.09. The van der Waals surface area contributed by atoms with Crippen LogP contribution in [0.4, 0.5) is 5.69 Å². The van der Waals surface area contributed by atoms with Gasteiger partial charge in [0.1, 0.15) is 6.17 Å². The molecular formula is C22H24N4O2. The van der Waals surface area contributed by atoms with Gasteiger partial charge in [-0.25, -0.2) is 0 Å². The average Bonchev–Trinajstić information content (AvgIpc) is 3.19. The van der Waals surface area contributed by atoms with Gasteiger partial charge in [0.2, 0.25) is 0 Å². The van der Waals surface area contributed by atoms with Crippen LogP contribution in [-0.2, 0) is 9.59 Å². The first-order valence-electron chi connectivity index (χ1n) is 9.91. The Morgan fingerprint density at radius 3 is 2.75 bits per heavy atom. The lowest BCUT2D eigenvalue weighted by Gasteiger charge is -2.47. The number of carbonyl (C=O) groups excluding carboxylic acids is 2. The average molecular weight is 376 g/mol. The number of hydrogen-bond donors (Lipinski definition) is 2. The Morgan fingerprint density at radius 2 is 1.93 bits per heavy atom. The van der Waals surface area contributed by atoms with Crippen LogP contribution in [0.5, 0.6) is 0 Å². The van der Waals surface area contributed by atoms with Gasteiger partial charge in [-0.05, 0) is 31.9 Å². The predicted octanol–water partition coefficient (Wildman–Crippen LogP) is 1.89. The Bertz CT molecular complexity index is 904. The van der Waals surface area contributed by atoms with Crippen LogP contribution in [0.25, 0.3) is 0 Å². The standard InChI is InChI=1S/C22H24N4O2/c1-14-9-10-18-15(12-14)13-17(20(27)23-18)22-25-11-5-8-19(25)21(28)24-26(22)16-6-3-2-4-7-16/h2-4,6-7,9-10,12-13,15,18-19,22H,5,8,11H2,1H3,(H,23,27)(H,24,28)/t15?,18?,19-,22?/m0/s1. The molecule has 1 aromatic carbocycles. The van der Waals surface area contributed by atoms with Crippen LogP contribution in [0.2, 0.25) is 0 Å². The molecule has 3 unspecified atom stereocenters. The molecule has 5 rings (SSSR count). The largest absolute Gasteiger partial charge is 0.345 e. The molecule has 6 heteroatoms. The van der Waals surface area contributed by atoms with Crippen molar-refractivity contribution in [2.75, 3.05) is 11.6 Å². The summed E-state index contributed by atoms with van der Waals surface area (Å²) in [6.45, 7) is 2.88. The van der Waals surface area contributed by atoms with E-state index in [0.717, 1.165) is 25.1 Å². The highest BCUT2D eigenvalue weighted by Crippen LogP contribution is 2.34. The van der Waals surface area contributed by atoms with E-state index in [4.69, 9.17) is 0 Å². The second-order valence-corrected chi connectivity index (χ2v) is 7.92. The van der Waals surface area contributed by atoms with E-state index in [1.807, 2.05) is 41.4 Å². The third-order valence-corrected chi connectivity index (χ3v) is 6.07. The molecule has 28 heavy (non-hydrogen) atoms. The van der Waals surface area contributed by atoms with E-state index in [-0.39, 0.29) is 36.0 Å². The smallest absolute Gasteiger partial charge is 0.255 e. The summed E-state index contributed by atoms with van der Waals surface area (Å²) in [5.41, 5.74) is 5.83. The van der Waals surface area contributed by atoms with Crippen molar-refractivity contribution in [3.8, 4) is 0 Å². The monoisotopic (exact) mass is 376 g/mol. The van der Waals surface area contributed by atoms with E-state index < -0.39 is 0 Å². The van der Waals surface area contributed by atoms with Gasteiger partial charge in [0.25, 0.3) is 11.8 Å². The number of rotatable bonds is 2. The third kappa shape index (κ3) is 2.76. The Hall–Kier alpha value is -2.86. The fourth-order valence-corrected chi connectivity index (χ4v) is 4.74. The van der Waals surface area contributed by atoms with Crippen molar-refractivity contribution >= 4 is 17.5 Å². The Labute approximate surface area is 164 Å². The normalized spacial score (nSPS) is 32.1. The Balaban J connectivity index is 1.59. The van der Waals surface area contributed by atoms with Crippen LogP contribution < -0.4 is 15.8 Å². The molecule has 0 spiro atoms. The van der Waals surface area contributed by atoms with Gasteiger partial charge in [0.05, 0.1) is 23.3 Å². The summed E-state index contributed by atoms with van der Waals surface area (Å²) in [4.78, 5) is 28.0. The van der Waals surface area contributed by atoms with Crippen molar-refractivity contribution in [1.82, 2.24) is 15.6 Å². The summed E-state index contributed by atoms with van der Waals surface area (Å²) in [5, 5.41) is 5.00. The van der Waals surface area contributed by atoms with Gasteiger partial charge in [-0.2, -0.15) is 0 Å². The zero-order valence-electron chi connectivity index (χ0n) is 15.8. The molecule has 2 fully saturated rings. The third-order valence-electron chi connectivity index (χ3n) is 6.07. The summed E-state index contributed by atoms with van der Waals surface area (Å²) in [5.74, 6) is 0.0734. The lowest BCUT2D eigenvalue weighted by atomic mass is 9.86. The SMILES string of the molecule is CC1=CC2C=C(C3N(c4ccccc4)NC(=O)[C@@H]4CCCN34)C(=O)NC2C=C1. The summed E-state index contributed by atoms with van der Waals surface area (Å²) >= 11 is 0. The lowest BCUT2D eigenvalue weighted by Crippen LogP contribution is -2.68. The fourth-order valence-electron chi connectivity index (χ4n) is 4.74. The van der Waals surface area contributed by atoms with E-state index in [1.165, 1.54) is 5.57 Å². The first kappa shape index (κ1) is 17.3. The van der Waals surface area contributed by atoms with Gasteiger partial charge >= 0.3 is 0 Å². The number of hydrazine groups is 1. The van der Waals surface area contributed by atoms with Crippen molar-refractivity contribution in [2.45, 2.75) is 38.0 Å². The van der Waals surface area contributed by atoms with Gasteiger partial charge in [-0.3, -0.25) is 24.9 Å². The molecule has 0 radical (unpaired) electrons. The Morgan fingerprint density at radius 1 is 1.11 bits per heavy atom. The number of nitrogens with zero attached hydrogens (tertiary/aromatic N) is 2. The number of fused-ring (bicyclic) bond motifs is 2. The highest BCUT2D eigenvalue weighted by atomic mass is 16.2. The van der Waals surface area contributed by atoms with Gasteiger partial charge < -0.3 is 5.32 Å². The minimum Gasteiger partial charge on any atom is -0.345 e. The van der Waals surface area contributed by atoms with Crippen molar-refractivity contribution in [3.63, 3.8) is 0 Å². The molecule has 3 heterocycles.